The molecule has 0 saturated heterocycles. The quantitative estimate of drug-likeness (QED) is 0.427. The minimum Gasteiger partial charge on any atom is -0.493 e. The Hall–Kier alpha value is -1.53. The Morgan fingerprint density at radius 3 is 3.17 bits per heavy atom. The van der Waals surface area contributed by atoms with Crippen molar-refractivity contribution < 1.29 is 5.11 Å². The third-order valence-corrected chi connectivity index (χ3v) is 1.56. The molecule has 2 aliphatic heterocycles. The second kappa shape index (κ2) is 2.23. The summed E-state index contributed by atoms with van der Waals surface area (Å²) in [7, 11) is 0. The highest BCUT2D eigenvalue weighted by Gasteiger charge is 2.24. The second-order valence-electron chi connectivity index (χ2n) is 2.59. The van der Waals surface area contributed by atoms with Crippen molar-refractivity contribution in [2.45, 2.75) is 6.92 Å². The van der Waals surface area contributed by atoms with E-state index in [0.29, 0.717) is 5.82 Å². The van der Waals surface area contributed by atoms with Gasteiger partial charge in [-0.25, -0.2) is 21.0 Å². The van der Waals surface area contributed by atoms with Crippen LogP contribution in [0.5, 0.6) is 0 Å². The summed E-state index contributed by atoms with van der Waals surface area (Å²) >= 11 is 0. The van der Waals surface area contributed by atoms with E-state index < -0.39 is 0 Å². The molecule has 2 aliphatic rings. The van der Waals surface area contributed by atoms with Crippen LogP contribution >= 0.6 is 0 Å². The zero-order chi connectivity index (χ0) is 8.72. The summed E-state index contributed by atoms with van der Waals surface area (Å²) in [6.07, 6.45) is 3.12. The van der Waals surface area contributed by atoms with Crippen LogP contribution in [0.15, 0.2) is 29.0 Å². The summed E-state index contributed by atoms with van der Waals surface area (Å²) in [4.78, 5) is 4.13. The van der Waals surface area contributed by atoms with Gasteiger partial charge in [0.05, 0.1) is 6.20 Å². The maximum atomic E-state index is 9.39. The predicted molar refractivity (Wildman–Crippen MR) is 42.9 cm³/mol. The highest BCUT2D eigenvalue weighted by molar-refractivity contribution is 5.94. The van der Waals surface area contributed by atoms with E-state index in [-0.39, 0.29) is 5.88 Å². The minimum absolute atomic E-state index is 0.0849. The second-order valence-corrected chi connectivity index (χ2v) is 2.59. The summed E-state index contributed by atoms with van der Waals surface area (Å²) in [5.74, 6) is 6.06. The number of aliphatic hydroxyl groups excluding tert-OH is 1. The highest BCUT2D eigenvalue weighted by Crippen LogP contribution is 2.19. The molecular formula is C6H9N5O. The molecule has 0 aromatic heterocycles. The predicted octanol–water partition coefficient (Wildman–Crippen LogP) is -0.430. The van der Waals surface area contributed by atoms with E-state index in [1.54, 1.807) is 19.2 Å². The van der Waals surface area contributed by atoms with Crippen molar-refractivity contribution in [3.8, 4) is 0 Å². The number of aliphatic hydroxyl groups is 1. The first kappa shape index (κ1) is 7.14. The average molecular weight is 167 g/mol. The number of rotatable bonds is 0. The van der Waals surface area contributed by atoms with E-state index in [2.05, 4.69) is 10.5 Å². The van der Waals surface area contributed by atoms with Gasteiger partial charge in [0.25, 0.3) is 0 Å². The maximum absolute atomic E-state index is 9.39. The van der Waals surface area contributed by atoms with Crippen molar-refractivity contribution in [2.24, 2.45) is 10.8 Å². The van der Waals surface area contributed by atoms with E-state index >= 15 is 0 Å². The number of nitrogens with two attached hydrogens (primary N) is 1. The molecule has 12 heavy (non-hydrogen) atoms. The SMILES string of the molecule is CC1=NC2=CN(N)NN2C(O)=C1. The summed E-state index contributed by atoms with van der Waals surface area (Å²) < 4.78 is 0. The van der Waals surface area contributed by atoms with Crippen LogP contribution in [0.3, 0.4) is 0 Å². The number of fused-ring (bicyclic) bond motifs is 1. The van der Waals surface area contributed by atoms with Crippen molar-refractivity contribution in [3.63, 3.8) is 0 Å². The van der Waals surface area contributed by atoms with Crippen molar-refractivity contribution in [3.05, 3.63) is 24.0 Å². The van der Waals surface area contributed by atoms with Gasteiger partial charge in [0.2, 0.25) is 5.88 Å². The highest BCUT2D eigenvalue weighted by atomic mass is 16.3. The molecular weight excluding hydrogens is 158 g/mol. The van der Waals surface area contributed by atoms with Gasteiger partial charge in [-0.2, -0.15) is 0 Å². The summed E-state index contributed by atoms with van der Waals surface area (Å²) in [6, 6.07) is 0. The number of hydrogen-bond donors (Lipinski definition) is 3. The molecule has 0 saturated carbocycles. The molecule has 4 N–H and O–H groups in total. The zero-order valence-corrected chi connectivity index (χ0v) is 6.52. The van der Waals surface area contributed by atoms with Gasteiger partial charge in [0, 0.05) is 11.8 Å². The van der Waals surface area contributed by atoms with E-state index in [0.717, 1.165) is 5.71 Å². The Morgan fingerprint density at radius 1 is 1.67 bits per heavy atom. The molecule has 6 heteroatoms. The van der Waals surface area contributed by atoms with Crippen LogP contribution in [0, 0.1) is 0 Å². The number of allylic oxidation sites excluding steroid dienone is 1. The molecule has 0 spiro atoms. The van der Waals surface area contributed by atoms with E-state index in [9.17, 15) is 5.11 Å². The lowest BCUT2D eigenvalue weighted by molar-refractivity contribution is 0.106. The normalized spacial score (nSPS) is 21.7. The van der Waals surface area contributed by atoms with Crippen LogP contribution in [-0.2, 0) is 0 Å². The molecule has 0 unspecified atom stereocenters. The van der Waals surface area contributed by atoms with E-state index in [4.69, 9.17) is 5.84 Å². The molecule has 0 radical (unpaired) electrons. The molecule has 0 aliphatic carbocycles. The Balaban J connectivity index is 2.37. The fraction of sp³-hybridized carbons (Fsp3) is 0.167. The van der Waals surface area contributed by atoms with Crippen molar-refractivity contribution in [2.75, 3.05) is 0 Å². The van der Waals surface area contributed by atoms with E-state index in [1.807, 2.05) is 0 Å². The van der Waals surface area contributed by atoms with Crippen LogP contribution in [-0.4, -0.2) is 20.9 Å². The summed E-state index contributed by atoms with van der Waals surface area (Å²) in [6.45, 7) is 1.80. The maximum Gasteiger partial charge on any atom is 0.211 e. The smallest absolute Gasteiger partial charge is 0.211 e. The summed E-state index contributed by atoms with van der Waals surface area (Å²) in [5.41, 5.74) is 3.40. The first-order valence-corrected chi connectivity index (χ1v) is 3.45. The van der Waals surface area contributed by atoms with Gasteiger partial charge < -0.3 is 5.11 Å². The van der Waals surface area contributed by atoms with Crippen LogP contribution in [0.2, 0.25) is 0 Å². The van der Waals surface area contributed by atoms with Gasteiger partial charge in [-0.05, 0) is 6.92 Å². The number of nitrogens with zero attached hydrogens (tertiary/aromatic N) is 3. The third kappa shape index (κ3) is 0.936. The fourth-order valence-corrected chi connectivity index (χ4v) is 1.09. The van der Waals surface area contributed by atoms with Crippen LogP contribution < -0.4 is 11.4 Å². The molecule has 0 amide bonds. The van der Waals surface area contributed by atoms with Gasteiger partial charge in [-0.15, -0.1) is 5.53 Å². The van der Waals surface area contributed by atoms with E-state index in [1.165, 1.54) is 10.1 Å². The molecule has 64 valence electrons. The molecule has 0 bridgehead atoms. The first-order chi connectivity index (χ1) is 5.66. The monoisotopic (exact) mass is 167 g/mol. The van der Waals surface area contributed by atoms with Crippen LogP contribution in [0.1, 0.15) is 6.92 Å². The Morgan fingerprint density at radius 2 is 2.42 bits per heavy atom. The molecule has 0 fully saturated rings. The van der Waals surface area contributed by atoms with Crippen molar-refractivity contribution in [1.29, 1.82) is 0 Å². The largest absolute Gasteiger partial charge is 0.493 e. The standard InChI is InChI=1S/C6H9N5O/c1-4-2-6(12)11-5(8-4)3-10(7)9-11/h2-3,9,12H,7H2,1H3. The van der Waals surface area contributed by atoms with Gasteiger partial charge in [0.1, 0.15) is 0 Å². The molecule has 0 aromatic rings. The number of aliphatic imine (C=N–C) groups is 1. The van der Waals surface area contributed by atoms with Gasteiger partial charge in [-0.1, -0.05) is 0 Å². The third-order valence-electron chi connectivity index (χ3n) is 1.56. The number of nitrogens with one attached hydrogen (secondary N) is 1. The summed E-state index contributed by atoms with van der Waals surface area (Å²) in [5, 5.41) is 12.0. The Bertz CT molecular complexity index is 305. The van der Waals surface area contributed by atoms with Crippen LogP contribution in [0.25, 0.3) is 0 Å². The molecule has 2 heterocycles. The minimum atomic E-state index is 0.0849. The topological polar surface area (TPSA) is 77.1 Å². The first-order valence-electron chi connectivity index (χ1n) is 3.45. The van der Waals surface area contributed by atoms with Crippen molar-refractivity contribution in [1.82, 2.24) is 15.7 Å². The Kier molecular flexibility index (Phi) is 1.32. The number of hydrazine groups is 3. The fourth-order valence-electron chi connectivity index (χ4n) is 1.09. The molecule has 0 atom stereocenters. The molecule has 0 aromatic carbocycles. The lowest BCUT2D eigenvalue weighted by Gasteiger charge is -2.21. The Labute approximate surface area is 69.2 Å². The molecule has 2 rings (SSSR count). The zero-order valence-electron chi connectivity index (χ0n) is 6.52. The number of hydrogen-bond acceptors (Lipinski definition) is 6. The molecule has 6 nitrogen and oxygen atoms in total. The van der Waals surface area contributed by atoms with Crippen molar-refractivity contribution >= 4 is 5.71 Å². The lowest BCUT2D eigenvalue weighted by atomic mass is 10.3. The lowest BCUT2D eigenvalue weighted by Crippen LogP contribution is -2.44. The van der Waals surface area contributed by atoms with Gasteiger partial charge in [-0.3, -0.25) is 0 Å². The average Bonchev–Trinajstić information content (AvgIpc) is 2.29. The van der Waals surface area contributed by atoms with Gasteiger partial charge >= 0.3 is 0 Å². The van der Waals surface area contributed by atoms with Gasteiger partial charge in [0.15, 0.2) is 5.82 Å². The van der Waals surface area contributed by atoms with Crippen LogP contribution in [0.4, 0.5) is 0 Å².